The first kappa shape index (κ1) is 19.4. The molecule has 0 aromatic heterocycles. The van der Waals surface area contributed by atoms with Gasteiger partial charge < -0.3 is 9.64 Å². The molecule has 1 aromatic carbocycles. The van der Waals surface area contributed by atoms with E-state index >= 15 is 0 Å². The summed E-state index contributed by atoms with van der Waals surface area (Å²) in [5, 5.41) is 0. The summed E-state index contributed by atoms with van der Waals surface area (Å²) in [6.07, 6.45) is 2.11. The second-order valence-corrected chi connectivity index (χ2v) is 7.90. The molecule has 0 atom stereocenters. The first-order valence-corrected chi connectivity index (χ1v) is 8.93. The van der Waals surface area contributed by atoms with Crippen LogP contribution in [0.2, 0.25) is 0 Å². The smallest absolute Gasteiger partial charge is 0.410 e. The van der Waals surface area contributed by atoms with E-state index in [1.54, 1.807) is 24.1 Å². The van der Waals surface area contributed by atoms with Crippen molar-refractivity contribution in [3.8, 4) is 0 Å². The molecular formula is C16H25NO5S. The highest BCUT2D eigenvalue weighted by molar-refractivity contribution is 7.85. The van der Waals surface area contributed by atoms with E-state index in [1.165, 1.54) is 12.1 Å². The number of nitrogens with zero attached hydrogens (tertiary/aromatic N) is 1. The van der Waals surface area contributed by atoms with Crippen LogP contribution in [-0.4, -0.2) is 43.2 Å². The van der Waals surface area contributed by atoms with Crippen molar-refractivity contribution in [2.24, 2.45) is 0 Å². The van der Waals surface area contributed by atoms with Crippen molar-refractivity contribution in [2.45, 2.75) is 50.5 Å². The van der Waals surface area contributed by atoms with E-state index in [4.69, 9.17) is 9.29 Å². The van der Waals surface area contributed by atoms with Gasteiger partial charge in [0.2, 0.25) is 0 Å². The Morgan fingerprint density at radius 3 is 2.22 bits per heavy atom. The lowest BCUT2D eigenvalue weighted by molar-refractivity contribution is 0.0296. The van der Waals surface area contributed by atoms with Crippen LogP contribution in [0.4, 0.5) is 4.79 Å². The Morgan fingerprint density at radius 1 is 1.17 bits per heavy atom. The van der Waals surface area contributed by atoms with Crippen molar-refractivity contribution in [3.63, 3.8) is 0 Å². The number of unbranched alkanes of at least 4 members (excludes halogenated alkanes) is 1. The average molecular weight is 343 g/mol. The van der Waals surface area contributed by atoms with Crippen LogP contribution in [0.15, 0.2) is 29.2 Å². The van der Waals surface area contributed by atoms with Crippen LogP contribution in [0.5, 0.6) is 0 Å². The molecule has 1 rings (SSSR count). The van der Waals surface area contributed by atoms with E-state index in [1.807, 2.05) is 20.8 Å². The maximum absolute atomic E-state index is 11.8. The van der Waals surface area contributed by atoms with Crippen molar-refractivity contribution < 1.29 is 22.5 Å². The molecule has 0 bridgehead atoms. The van der Waals surface area contributed by atoms with Crippen LogP contribution < -0.4 is 0 Å². The monoisotopic (exact) mass is 343 g/mol. The summed E-state index contributed by atoms with van der Waals surface area (Å²) in [6.45, 7) is 6.08. The molecule has 0 saturated carbocycles. The van der Waals surface area contributed by atoms with Crippen LogP contribution in [0, 0.1) is 0 Å². The third-order valence-corrected chi connectivity index (χ3v) is 4.00. The Morgan fingerprint density at radius 2 is 1.74 bits per heavy atom. The first-order chi connectivity index (χ1) is 10.5. The molecule has 1 amide bonds. The van der Waals surface area contributed by atoms with Gasteiger partial charge in [0.25, 0.3) is 10.1 Å². The fraction of sp³-hybridized carbons (Fsp3) is 0.562. The molecule has 0 fully saturated rings. The predicted molar refractivity (Wildman–Crippen MR) is 88.1 cm³/mol. The molecule has 0 saturated heterocycles. The molecule has 0 unspecified atom stereocenters. The van der Waals surface area contributed by atoms with E-state index in [0.29, 0.717) is 6.54 Å². The Labute approximate surface area is 138 Å². The number of benzene rings is 1. The fourth-order valence-electron chi connectivity index (χ4n) is 1.94. The molecule has 7 heteroatoms. The quantitative estimate of drug-likeness (QED) is 0.634. The minimum atomic E-state index is -4.14. The van der Waals surface area contributed by atoms with Gasteiger partial charge in [-0.3, -0.25) is 4.55 Å². The highest BCUT2D eigenvalue weighted by atomic mass is 32.2. The number of carbonyl (C=O) groups excluding carboxylic acids is 1. The highest BCUT2D eigenvalue weighted by Crippen LogP contribution is 2.13. The van der Waals surface area contributed by atoms with Crippen molar-refractivity contribution in [2.75, 3.05) is 13.6 Å². The normalized spacial score (nSPS) is 12.0. The lowest BCUT2D eigenvalue weighted by Gasteiger charge is -2.24. The van der Waals surface area contributed by atoms with E-state index in [2.05, 4.69) is 0 Å². The van der Waals surface area contributed by atoms with Crippen LogP contribution in [0.3, 0.4) is 0 Å². The lowest BCUT2D eigenvalue weighted by atomic mass is 10.1. The molecular weight excluding hydrogens is 318 g/mol. The van der Waals surface area contributed by atoms with E-state index in [0.717, 1.165) is 24.8 Å². The summed E-state index contributed by atoms with van der Waals surface area (Å²) >= 11 is 0. The average Bonchev–Trinajstić information content (AvgIpc) is 2.41. The van der Waals surface area contributed by atoms with Gasteiger partial charge in [-0.25, -0.2) is 4.79 Å². The van der Waals surface area contributed by atoms with Crippen molar-refractivity contribution in [1.29, 1.82) is 0 Å². The van der Waals surface area contributed by atoms with Crippen LogP contribution in [0.1, 0.15) is 39.2 Å². The minimum Gasteiger partial charge on any atom is -0.444 e. The lowest BCUT2D eigenvalue weighted by Crippen LogP contribution is -2.34. The molecule has 0 heterocycles. The van der Waals surface area contributed by atoms with Crippen molar-refractivity contribution >= 4 is 16.2 Å². The zero-order valence-corrected chi connectivity index (χ0v) is 14.9. The highest BCUT2D eigenvalue weighted by Gasteiger charge is 2.19. The summed E-state index contributed by atoms with van der Waals surface area (Å²) in [5.74, 6) is 0. The summed E-state index contributed by atoms with van der Waals surface area (Å²) in [4.78, 5) is 13.2. The second-order valence-electron chi connectivity index (χ2n) is 6.48. The van der Waals surface area contributed by atoms with E-state index in [-0.39, 0.29) is 11.0 Å². The zero-order valence-electron chi connectivity index (χ0n) is 14.1. The Kier molecular flexibility index (Phi) is 6.58. The van der Waals surface area contributed by atoms with Gasteiger partial charge in [0, 0.05) is 13.6 Å². The molecule has 1 N–H and O–H groups in total. The van der Waals surface area contributed by atoms with Crippen LogP contribution >= 0.6 is 0 Å². The zero-order chi connectivity index (χ0) is 17.7. The minimum absolute atomic E-state index is 0.106. The van der Waals surface area contributed by atoms with Crippen LogP contribution in [-0.2, 0) is 21.3 Å². The number of hydrogen-bond donors (Lipinski definition) is 1. The molecule has 0 spiro atoms. The first-order valence-electron chi connectivity index (χ1n) is 7.49. The standard InChI is InChI=1S/C16H25NO5S/c1-16(2,3)22-15(18)17(4)12-6-5-7-13-8-10-14(11-9-13)23(19,20)21/h8-11H,5-7,12H2,1-4H3,(H,19,20,21). The SMILES string of the molecule is CN(CCCCc1ccc(S(=O)(=O)O)cc1)C(=O)OC(C)(C)C. The van der Waals surface area contributed by atoms with E-state index in [9.17, 15) is 13.2 Å². The van der Waals surface area contributed by atoms with Gasteiger partial charge in [-0.2, -0.15) is 8.42 Å². The maximum atomic E-state index is 11.8. The molecule has 130 valence electrons. The molecule has 6 nitrogen and oxygen atoms in total. The van der Waals surface area contributed by atoms with Crippen LogP contribution in [0.25, 0.3) is 0 Å². The molecule has 0 radical (unpaired) electrons. The third kappa shape index (κ3) is 7.47. The number of amides is 1. The number of ether oxygens (including phenoxy) is 1. The van der Waals surface area contributed by atoms with Crippen molar-refractivity contribution in [3.05, 3.63) is 29.8 Å². The third-order valence-electron chi connectivity index (χ3n) is 3.14. The summed E-state index contributed by atoms with van der Waals surface area (Å²) in [5.41, 5.74) is 0.484. The predicted octanol–water partition coefficient (Wildman–Crippen LogP) is 3.12. The molecule has 1 aromatic rings. The number of hydrogen-bond acceptors (Lipinski definition) is 4. The molecule has 0 aliphatic carbocycles. The van der Waals surface area contributed by atoms with Gasteiger partial charge >= 0.3 is 6.09 Å². The molecule has 0 aliphatic rings. The molecule has 0 aliphatic heterocycles. The van der Waals surface area contributed by atoms with Gasteiger partial charge in [0.15, 0.2) is 0 Å². The van der Waals surface area contributed by atoms with Gasteiger partial charge in [0.05, 0.1) is 4.90 Å². The number of rotatable bonds is 6. The van der Waals surface area contributed by atoms with Gasteiger partial charge in [0.1, 0.15) is 5.60 Å². The topological polar surface area (TPSA) is 83.9 Å². The summed E-state index contributed by atoms with van der Waals surface area (Å²) in [6, 6.07) is 6.14. The Balaban J connectivity index is 2.36. The number of aryl methyl sites for hydroxylation is 1. The summed E-state index contributed by atoms with van der Waals surface area (Å²) < 4.78 is 36.1. The second kappa shape index (κ2) is 7.79. The van der Waals surface area contributed by atoms with Gasteiger partial charge in [-0.05, 0) is 57.7 Å². The Bertz CT molecular complexity index is 617. The maximum Gasteiger partial charge on any atom is 0.410 e. The van der Waals surface area contributed by atoms with E-state index < -0.39 is 15.7 Å². The van der Waals surface area contributed by atoms with Crippen molar-refractivity contribution in [1.82, 2.24) is 4.90 Å². The van der Waals surface area contributed by atoms with Gasteiger partial charge in [-0.1, -0.05) is 12.1 Å². The molecule has 23 heavy (non-hydrogen) atoms. The largest absolute Gasteiger partial charge is 0.444 e. The van der Waals surface area contributed by atoms with Gasteiger partial charge in [-0.15, -0.1) is 0 Å². The fourth-order valence-corrected chi connectivity index (χ4v) is 2.42. The Hall–Kier alpha value is -1.60. The summed E-state index contributed by atoms with van der Waals surface area (Å²) in [7, 11) is -2.44. The number of carbonyl (C=O) groups is 1.